The lowest BCUT2D eigenvalue weighted by Gasteiger charge is -2.35. The number of amides is 1. The summed E-state index contributed by atoms with van der Waals surface area (Å²) in [6, 6.07) is 6.21. The van der Waals surface area contributed by atoms with E-state index in [4.69, 9.17) is 9.40 Å². The first-order valence-corrected chi connectivity index (χ1v) is 8.96. The van der Waals surface area contributed by atoms with Crippen molar-refractivity contribution in [3.8, 4) is 11.4 Å². The molecule has 0 unspecified atom stereocenters. The molecule has 7 heteroatoms. The number of benzene rings is 1. The molecule has 3 aromatic rings. The van der Waals surface area contributed by atoms with Crippen molar-refractivity contribution < 1.29 is 13.6 Å². The number of carbonyl (C=O) groups excluding carboxylic acids is 1. The highest BCUT2D eigenvalue weighted by Gasteiger charge is 2.44. The molecule has 2 atom stereocenters. The van der Waals surface area contributed by atoms with Gasteiger partial charge in [0.2, 0.25) is 5.76 Å². The van der Waals surface area contributed by atoms with Gasteiger partial charge < -0.3 is 9.32 Å². The molecule has 2 bridgehead atoms. The molecule has 2 aromatic heterocycles. The second-order valence-electron chi connectivity index (χ2n) is 7.03. The molecule has 27 heavy (non-hydrogen) atoms. The summed E-state index contributed by atoms with van der Waals surface area (Å²) in [5, 5.41) is 0. The molecule has 0 saturated carbocycles. The minimum Gasteiger partial charge on any atom is -0.438 e. The summed E-state index contributed by atoms with van der Waals surface area (Å²) >= 11 is 0. The minimum absolute atomic E-state index is 0.0435. The summed E-state index contributed by atoms with van der Waals surface area (Å²) in [7, 11) is 0. The highest BCUT2D eigenvalue weighted by molar-refractivity contribution is 5.93. The lowest BCUT2D eigenvalue weighted by atomic mass is 9.98. The largest absolute Gasteiger partial charge is 0.438 e. The van der Waals surface area contributed by atoms with E-state index in [1.54, 1.807) is 25.3 Å². The van der Waals surface area contributed by atoms with E-state index in [0.717, 1.165) is 29.7 Å². The van der Waals surface area contributed by atoms with Gasteiger partial charge >= 0.3 is 0 Å². The molecular weight excluding hydrogens is 347 g/mol. The topological polar surface area (TPSA) is 72.1 Å². The Morgan fingerprint density at radius 2 is 2.04 bits per heavy atom. The summed E-state index contributed by atoms with van der Waals surface area (Å²) < 4.78 is 18.5. The van der Waals surface area contributed by atoms with Crippen LogP contribution >= 0.6 is 0 Å². The Morgan fingerprint density at radius 1 is 1.22 bits per heavy atom. The van der Waals surface area contributed by atoms with E-state index >= 15 is 0 Å². The number of halogens is 1. The van der Waals surface area contributed by atoms with Gasteiger partial charge in [0, 0.05) is 29.8 Å². The summed E-state index contributed by atoms with van der Waals surface area (Å²) in [5.41, 5.74) is 3.34. The van der Waals surface area contributed by atoms with Gasteiger partial charge in [-0.25, -0.2) is 19.3 Å². The number of rotatable bonds is 2. The average molecular weight is 364 g/mol. The third-order valence-corrected chi connectivity index (χ3v) is 5.47. The molecule has 2 aliphatic rings. The Bertz CT molecular complexity index is 1030. The molecule has 4 heterocycles. The zero-order valence-corrected chi connectivity index (χ0v) is 14.7. The predicted molar refractivity (Wildman–Crippen MR) is 94.3 cm³/mol. The van der Waals surface area contributed by atoms with Gasteiger partial charge in [0.15, 0.2) is 12.2 Å². The van der Waals surface area contributed by atoms with E-state index < -0.39 is 0 Å². The minimum atomic E-state index is -0.286. The van der Waals surface area contributed by atoms with Crippen molar-refractivity contribution in [1.82, 2.24) is 19.9 Å². The van der Waals surface area contributed by atoms with Crippen molar-refractivity contribution in [2.75, 3.05) is 0 Å². The van der Waals surface area contributed by atoms with Gasteiger partial charge in [-0.05, 0) is 44.0 Å². The molecule has 0 N–H and O–H groups in total. The summed E-state index contributed by atoms with van der Waals surface area (Å²) in [6.07, 6.45) is 5.60. The molecule has 5 rings (SSSR count). The second-order valence-corrected chi connectivity index (χ2v) is 7.03. The van der Waals surface area contributed by atoms with E-state index in [0.29, 0.717) is 23.7 Å². The third kappa shape index (κ3) is 2.53. The third-order valence-electron chi connectivity index (χ3n) is 5.47. The maximum atomic E-state index is 13.2. The first kappa shape index (κ1) is 16.1. The maximum absolute atomic E-state index is 13.2. The fourth-order valence-corrected chi connectivity index (χ4v) is 4.15. The van der Waals surface area contributed by atoms with E-state index in [9.17, 15) is 9.18 Å². The standard InChI is InChI=1S/C20H17FN4O2/c1-11-18(27-10-23-11)20(26)25-14-6-7-17(25)15-9-22-19(24-16(15)8-14)12-2-4-13(21)5-3-12/h2-5,9-10,14,17H,6-8H2,1H3/t14-,17+/m0/s1. The number of nitrogens with zero attached hydrogens (tertiary/aromatic N) is 4. The van der Waals surface area contributed by atoms with Crippen LogP contribution in [0.3, 0.4) is 0 Å². The lowest BCUT2D eigenvalue weighted by molar-refractivity contribution is 0.0610. The Balaban J connectivity index is 1.50. The van der Waals surface area contributed by atoms with Gasteiger partial charge in [-0.1, -0.05) is 0 Å². The number of oxazole rings is 1. The average Bonchev–Trinajstić information content (AvgIpc) is 3.24. The van der Waals surface area contributed by atoms with E-state index in [1.165, 1.54) is 18.5 Å². The predicted octanol–water partition coefficient (Wildman–Crippen LogP) is 3.48. The van der Waals surface area contributed by atoms with E-state index in [1.807, 2.05) is 4.90 Å². The van der Waals surface area contributed by atoms with Crippen LogP contribution in [0.4, 0.5) is 4.39 Å². The molecule has 136 valence electrons. The van der Waals surface area contributed by atoms with Gasteiger partial charge in [0.1, 0.15) is 5.82 Å². The first-order valence-electron chi connectivity index (χ1n) is 8.96. The molecule has 1 saturated heterocycles. The van der Waals surface area contributed by atoms with Gasteiger partial charge in [0.25, 0.3) is 5.91 Å². The Morgan fingerprint density at radius 3 is 2.78 bits per heavy atom. The zero-order valence-electron chi connectivity index (χ0n) is 14.7. The van der Waals surface area contributed by atoms with Gasteiger partial charge in [-0.15, -0.1) is 0 Å². The van der Waals surface area contributed by atoms with Crippen LogP contribution < -0.4 is 0 Å². The van der Waals surface area contributed by atoms with Crippen molar-refractivity contribution >= 4 is 5.91 Å². The van der Waals surface area contributed by atoms with Crippen LogP contribution in [0, 0.1) is 12.7 Å². The number of carbonyl (C=O) groups is 1. The van der Waals surface area contributed by atoms with Crippen molar-refractivity contribution in [2.45, 2.75) is 38.3 Å². The normalized spacial score (nSPS) is 20.6. The van der Waals surface area contributed by atoms with Crippen LogP contribution in [0.15, 0.2) is 41.3 Å². The summed E-state index contributed by atoms with van der Waals surface area (Å²) in [4.78, 5) is 28.1. The summed E-state index contributed by atoms with van der Waals surface area (Å²) in [5.74, 6) is 0.482. The monoisotopic (exact) mass is 364 g/mol. The van der Waals surface area contributed by atoms with E-state index in [-0.39, 0.29) is 23.8 Å². The van der Waals surface area contributed by atoms with Crippen LogP contribution in [0.2, 0.25) is 0 Å². The van der Waals surface area contributed by atoms with Crippen LogP contribution in [-0.4, -0.2) is 31.8 Å². The van der Waals surface area contributed by atoms with Gasteiger partial charge in [-0.2, -0.15) is 0 Å². The van der Waals surface area contributed by atoms with Crippen molar-refractivity contribution in [2.24, 2.45) is 0 Å². The molecule has 1 fully saturated rings. The molecule has 0 aliphatic carbocycles. The van der Waals surface area contributed by atoms with Crippen molar-refractivity contribution in [3.05, 3.63) is 65.4 Å². The Labute approximate surface area is 155 Å². The highest BCUT2D eigenvalue weighted by Crippen LogP contribution is 2.44. The molecule has 1 aromatic carbocycles. The van der Waals surface area contributed by atoms with E-state index in [2.05, 4.69) is 9.97 Å². The van der Waals surface area contributed by atoms with Gasteiger partial charge in [-0.3, -0.25) is 4.79 Å². The Hall–Kier alpha value is -3.09. The number of hydrogen-bond donors (Lipinski definition) is 0. The molecule has 0 radical (unpaired) electrons. The molecular formula is C20H17FN4O2. The first-order chi connectivity index (χ1) is 13.1. The van der Waals surface area contributed by atoms with Gasteiger partial charge in [0.05, 0.1) is 17.4 Å². The van der Waals surface area contributed by atoms with Crippen LogP contribution in [0.1, 0.15) is 46.4 Å². The molecule has 0 spiro atoms. The molecule has 1 amide bonds. The maximum Gasteiger partial charge on any atom is 0.292 e. The number of aryl methyl sites for hydroxylation is 1. The SMILES string of the molecule is Cc1ncoc1C(=O)N1[C@H]2CC[C@@H]1c1cnc(-c3ccc(F)cc3)nc1C2. The second kappa shape index (κ2) is 5.97. The fourth-order valence-electron chi connectivity index (χ4n) is 4.15. The number of fused-ring (bicyclic) bond motifs is 4. The quantitative estimate of drug-likeness (QED) is 0.696. The Kier molecular flexibility index (Phi) is 3.56. The molecule has 6 nitrogen and oxygen atoms in total. The zero-order chi connectivity index (χ0) is 18.5. The van der Waals surface area contributed by atoms with Crippen molar-refractivity contribution in [3.63, 3.8) is 0 Å². The molecule has 2 aliphatic heterocycles. The number of aromatic nitrogens is 3. The van der Waals surface area contributed by atoms with Crippen LogP contribution in [-0.2, 0) is 6.42 Å². The van der Waals surface area contributed by atoms with Crippen LogP contribution in [0.5, 0.6) is 0 Å². The smallest absolute Gasteiger partial charge is 0.292 e. The number of hydrogen-bond acceptors (Lipinski definition) is 5. The van der Waals surface area contributed by atoms with Crippen molar-refractivity contribution in [1.29, 1.82) is 0 Å². The summed E-state index contributed by atoms with van der Waals surface area (Å²) in [6.45, 7) is 1.77. The van der Waals surface area contributed by atoms with Crippen LogP contribution in [0.25, 0.3) is 11.4 Å². The lowest BCUT2D eigenvalue weighted by Crippen LogP contribution is -2.42. The highest BCUT2D eigenvalue weighted by atomic mass is 19.1. The fraction of sp³-hybridized carbons (Fsp3) is 0.300.